The average molecular weight is 710 g/mol. The monoisotopic (exact) mass is 709 g/mol. The Labute approximate surface area is 296 Å². The summed E-state index contributed by atoms with van der Waals surface area (Å²) in [7, 11) is 0. The van der Waals surface area contributed by atoms with Crippen LogP contribution in [0.2, 0.25) is 0 Å². The zero-order valence-corrected chi connectivity index (χ0v) is 30.3. The maximum absolute atomic E-state index is 11.3. The minimum Gasteiger partial charge on any atom is -0.394 e. The van der Waals surface area contributed by atoms with Crippen LogP contribution in [0.15, 0.2) is 0 Å². The molecule has 4 aliphatic carbocycles. The highest BCUT2D eigenvalue weighted by Crippen LogP contribution is 2.71. The van der Waals surface area contributed by atoms with Crippen molar-refractivity contribution in [3.8, 4) is 0 Å². The third kappa shape index (κ3) is 5.68. The molecule has 0 amide bonds. The van der Waals surface area contributed by atoms with Gasteiger partial charge >= 0.3 is 0 Å². The second-order valence-corrected chi connectivity index (χ2v) is 18.4. The van der Waals surface area contributed by atoms with Gasteiger partial charge in [-0.25, -0.2) is 0 Å². The van der Waals surface area contributed by atoms with Crippen LogP contribution in [0.1, 0.15) is 91.9 Å². The Balaban J connectivity index is 0.916. The van der Waals surface area contributed by atoms with E-state index in [4.69, 9.17) is 23.7 Å². The van der Waals surface area contributed by atoms with Crippen LogP contribution in [-0.4, -0.2) is 124 Å². The quantitative estimate of drug-likeness (QED) is 0.206. The van der Waals surface area contributed by atoms with Gasteiger partial charge in [-0.2, -0.15) is 0 Å². The van der Waals surface area contributed by atoms with Crippen molar-refractivity contribution in [1.82, 2.24) is 5.32 Å². The molecule has 12 heteroatoms. The highest BCUT2D eigenvalue weighted by atomic mass is 16.7. The molecule has 21 atom stereocenters. The summed E-state index contributed by atoms with van der Waals surface area (Å²) in [6, 6.07) is 0. The van der Waals surface area contributed by atoms with E-state index in [2.05, 4.69) is 33.0 Å². The summed E-state index contributed by atoms with van der Waals surface area (Å²) in [5.41, 5.74) is 0.404. The molecule has 7 N–H and O–H groups in total. The molecule has 286 valence electrons. The first-order valence-corrected chi connectivity index (χ1v) is 19.8. The Morgan fingerprint density at radius 2 is 1.56 bits per heavy atom. The molecule has 4 heterocycles. The molecule has 4 saturated carbocycles. The van der Waals surface area contributed by atoms with Gasteiger partial charge in [-0.1, -0.05) is 27.7 Å². The number of rotatable bonds is 5. The lowest BCUT2D eigenvalue weighted by molar-refractivity contribution is -0.355. The van der Waals surface area contributed by atoms with E-state index in [1.165, 1.54) is 32.1 Å². The second kappa shape index (κ2) is 13.4. The molecule has 8 rings (SSSR count). The van der Waals surface area contributed by atoms with Gasteiger partial charge in [0.05, 0.1) is 25.4 Å². The first kappa shape index (κ1) is 36.5. The van der Waals surface area contributed by atoms with Crippen molar-refractivity contribution >= 4 is 0 Å². The third-order valence-corrected chi connectivity index (χ3v) is 16.0. The summed E-state index contributed by atoms with van der Waals surface area (Å²) < 4.78 is 30.6. The molecule has 0 aromatic rings. The van der Waals surface area contributed by atoms with Gasteiger partial charge in [0.1, 0.15) is 48.5 Å². The van der Waals surface area contributed by atoms with Crippen molar-refractivity contribution in [1.29, 1.82) is 0 Å². The topological polar surface area (TPSA) is 180 Å². The van der Waals surface area contributed by atoms with Crippen LogP contribution in [0.5, 0.6) is 0 Å². The van der Waals surface area contributed by atoms with Gasteiger partial charge in [-0.15, -0.1) is 0 Å². The number of fused-ring (bicyclic) bond motifs is 7. The van der Waals surface area contributed by atoms with Crippen LogP contribution in [0.4, 0.5) is 0 Å². The summed E-state index contributed by atoms with van der Waals surface area (Å²) in [6.45, 7) is 10.2. The maximum Gasteiger partial charge on any atom is 0.186 e. The highest BCUT2D eigenvalue weighted by Gasteiger charge is 2.68. The Bertz CT molecular complexity index is 1220. The zero-order chi connectivity index (χ0) is 35.3. The number of piperidine rings is 1. The zero-order valence-electron chi connectivity index (χ0n) is 30.3. The lowest BCUT2D eigenvalue weighted by atomic mass is 9.44. The molecule has 8 aliphatic rings. The lowest BCUT2D eigenvalue weighted by Gasteiger charge is -2.61. The summed E-state index contributed by atoms with van der Waals surface area (Å²) in [6.07, 6.45) is -0.823. The molecule has 0 radical (unpaired) electrons. The van der Waals surface area contributed by atoms with Gasteiger partial charge in [0.15, 0.2) is 12.6 Å². The van der Waals surface area contributed by atoms with E-state index in [0.717, 1.165) is 38.6 Å². The molecular formula is C38H63NO11. The fourth-order valence-electron chi connectivity index (χ4n) is 13.1. The van der Waals surface area contributed by atoms with E-state index in [0.29, 0.717) is 52.9 Å². The number of hydrogen-bond acceptors (Lipinski definition) is 12. The molecule has 0 aromatic heterocycles. The van der Waals surface area contributed by atoms with Crippen molar-refractivity contribution < 1.29 is 54.3 Å². The number of aliphatic hydroxyl groups excluding tert-OH is 6. The molecule has 3 unspecified atom stereocenters. The molecule has 0 aromatic carbocycles. The van der Waals surface area contributed by atoms with E-state index < -0.39 is 61.9 Å². The van der Waals surface area contributed by atoms with Crippen molar-refractivity contribution in [2.75, 3.05) is 19.8 Å². The predicted octanol–water partition coefficient (Wildman–Crippen LogP) is 1.65. The Hall–Kier alpha value is -0.480. The van der Waals surface area contributed by atoms with E-state index in [1.54, 1.807) is 0 Å². The Kier molecular flexibility index (Phi) is 9.76. The molecule has 8 fully saturated rings. The number of ether oxygens (including phenoxy) is 5. The number of nitrogens with one attached hydrogen (secondary N) is 1. The van der Waals surface area contributed by atoms with Crippen molar-refractivity contribution in [3.63, 3.8) is 0 Å². The molecule has 4 aliphatic heterocycles. The van der Waals surface area contributed by atoms with Crippen molar-refractivity contribution in [2.45, 2.75) is 165 Å². The van der Waals surface area contributed by atoms with Gasteiger partial charge < -0.3 is 54.3 Å². The van der Waals surface area contributed by atoms with Gasteiger partial charge in [0.25, 0.3) is 0 Å². The van der Waals surface area contributed by atoms with E-state index in [1.807, 2.05) is 0 Å². The summed E-state index contributed by atoms with van der Waals surface area (Å²) in [5.74, 6) is 4.44. The predicted molar refractivity (Wildman–Crippen MR) is 179 cm³/mol. The maximum atomic E-state index is 11.3. The molecule has 0 bridgehead atoms. The first-order valence-electron chi connectivity index (χ1n) is 19.8. The normalized spacial score (nSPS) is 59.4. The van der Waals surface area contributed by atoms with Crippen LogP contribution >= 0.6 is 0 Å². The molecule has 1 spiro atoms. The van der Waals surface area contributed by atoms with E-state index in [-0.39, 0.29) is 23.9 Å². The fourth-order valence-corrected chi connectivity index (χ4v) is 13.1. The molecule has 50 heavy (non-hydrogen) atoms. The van der Waals surface area contributed by atoms with Crippen LogP contribution < -0.4 is 5.32 Å². The first-order chi connectivity index (χ1) is 23.8. The van der Waals surface area contributed by atoms with Gasteiger partial charge in [-0.3, -0.25) is 5.32 Å². The number of hydrogen-bond donors (Lipinski definition) is 7. The van der Waals surface area contributed by atoms with Crippen LogP contribution in [0, 0.1) is 52.3 Å². The van der Waals surface area contributed by atoms with Crippen LogP contribution in [0.25, 0.3) is 0 Å². The number of aliphatic hydroxyl groups is 6. The SMILES string of the molecule is C[C@@H]1CCC2(NC1)OC1C[C@H]3[C@@H]4CC[C@H]5C[C@@H](O[C@@H]6O[C@H](CO)[C@H](O)[C@H](O[C@@H]7OC[C@@H](O)[C@H](O)[C@H]7O)[C@H]6O)CC[C@]5(C)[C@H]4CC[C@]3(C)C1[C@@H]2C. The largest absolute Gasteiger partial charge is 0.394 e. The minimum absolute atomic E-state index is 0.136. The summed E-state index contributed by atoms with van der Waals surface area (Å²) >= 11 is 0. The van der Waals surface area contributed by atoms with Gasteiger partial charge in [-0.05, 0) is 111 Å². The van der Waals surface area contributed by atoms with Crippen molar-refractivity contribution in [2.24, 2.45) is 52.3 Å². The second-order valence-electron chi connectivity index (χ2n) is 18.4. The summed E-state index contributed by atoms with van der Waals surface area (Å²) in [5, 5.41) is 66.4. The average Bonchev–Trinajstić information content (AvgIpc) is 3.54. The van der Waals surface area contributed by atoms with Crippen LogP contribution in [0.3, 0.4) is 0 Å². The smallest absolute Gasteiger partial charge is 0.186 e. The Morgan fingerprint density at radius 1 is 0.780 bits per heavy atom. The summed E-state index contributed by atoms with van der Waals surface area (Å²) in [4.78, 5) is 0. The molecular weight excluding hydrogens is 646 g/mol. The molecule has 4 saturated heterocycles. The van der Waals surface area contributed by atoms with E-state index in [9.17, 15) is 30.6 Å². The van der Waals surface area contributed by atoms with Crippen LogP contribution in [-0.2, 0) is 23.7 Å². The Morgan fingerprint density at radius 3 is 2.30 bits per heavy atom. The molecule has 12 nitrogen and oxygen atoms in total. The highest BCUT2D eigenvalue weighted by molar-refractivity contribution is 5.16. The van der Waals surface area contributed by atoms with E-state index >= 15 is 0 Å². The van der Waals surface area contributed by atoms with Crippen molar-refractivity contribution in [3.05, 3.63) is 0 Å². The third-order valence-electron chi connectivity index (χ3n) is 16.0. The standard InChI is InChI=1S/C38H63NO11/c1-18-7-12-38(39-15-18)19(2)28-26(50-38)14-24-22-6-5-20-13-21(8-10-36(20,3)23(22)9-11-37(24,28)4)47-35-32(45)33(30(43)27(16-40)48-35)49-34-31(44)29(42)25(41)17-46-34/h18-35,39-45H,5-17H2,1-4H3/t18-,19+,20+,21+,22-,23+,24+,25-,26?,27-,28?,29+,30+,31-,32-,33+,34+,35-,36+,37+,38?/m1/s1. The van der Waals surface area contributed by atoms with Gasteiger partial charge in [0.2, 0.25) is 0 Å². The van der Waals surface area contributed by atoms with Gasteiger partial charge in [0, 0.05) is 12.5 Å². The minimum atomic E-state index is -1.59. The fraction of sp³-hybridized carbons (Fsp3) is 1.00. The lowest BCUT2D eigenvalue weighted by Crippen LogP contribution is -2.63.